The SMILES string of the molecule is COC(=O)C(Cc1ccccc1)NC(=O)COC(=O)c1cc(C)n(Cc2cccs2)c1C. The van der Waals surface area contributed by atoms with Gasteiger partial charge in [-0.3, -0.25) is 4.79 Å². The van der Waals surface area contributed by atoms with Gasteiger partial charge in [-0.05, 0) is 36.9 Å². The lowest BCUT2D eigenvalue weighted by Gasteiger charge is -2.16. The molecule has 1 amide bonds. The van der Waals surface area contributed by atoms with Crippen molar-refractivity contribution >= 4 is 29.2 Å². The average molecular weight is 455 g/mol. The third kappa shape index (κ3) is 5.85. The molecule has 2 heterocycles. The summed E-state index contributed by atoms with van der Waals surface area (Å²) in [5.74, 6) is -1.72. The Balaban J connectivity index is 1.60. The highest BCUT2D eigenvalue weighted by Crippen LogP contribution is 2.20. The number of carbonyl (C=O) groups is 3. The van der Waals surface area contributed by atoms with E-state index < -0.39 is 30.5 Å². The van der Waals surface area contributed by atoms with Crippen molar-refractivity contribution in [2.24, 2.45) is 0 Å². The molecule has 168 valence electrons. The second-order valence-electron chi connectivity index (χ2n) is 7.36. The molecule has 0 fully saturated rings. The largest absolute Gasteiger partial charge is 0.467 e. The van der Waals surface area contributed by atoms with Crippen LogP contribution >= 0.6 is 11.3 Å². The monoisotopic (exact) mass is 454 g/mol. The number of aryl methyl sites for hydroxylation is 1. The lowest BCUT2D eigenvalue weighted by atomic mass is 10.1. The lowest BCUT2D eigenvalue weighted by Crippen LogP contribution is -2.44. The van der Waals surface area contributed by atoms with Crippen LogP contribution in [0.3, 0.4) is 0 Å². The van der Waals surface area contributed by atoms with E-state index in [1.807, 2.05) is 66.3 Å². The number of carbonyl (C=O) groups excluding carboxylic acids is 3. The van der Waals surface area contributed by atoms with E-state index in [2.05, 4.69) is 5.32 Å². The van der Waals surface area contributed by atoms with Crippen LogP contribution in [-0.4, -0.2) is 42.2 Å². The lowest BCUT2D eigenvalue weighted by molar-refractivity contribution is -0.145. The first-order valence-corrected chi connectivity index (χ1v) is 11.0. The number of aromatic nitrogens is 1. The molecule has 0 aliphatic carbocycles. The number of hydrogen-bond acceptors (Lipinski definition) is 6. The molecule has 32 heavy (non-hydrogen) atoms. The van der Waals surface area contributed by atoms with E-state index in [0.29, 0.717) is 12.1 Å². The average Bonchev–Trinajstić information content (AvgIpc) is 3.41. The number of esters is 2. The van der Waals surface area contributed by atoms with Crippen molar-refractivity contribution in [1.29, 1.82) is 0 Å². The Hall–Kier alpha value is -3.39. The summed E-state index contributed by atoms with van der Waals surface area (Å²) in [7, 11) is 1.26. The summed E-state index contributed by atoms with van der Waals surface area (Å²) in [6, 6.07) is 14.2. The number of methoxy groups -OCH3 is 1. The van der Waals surface area contributed by atoms with Crippen LogP contribution in [0.25, 0.3) is 0 Å². The Bertz CT molecular complexity index is 1070. The Labute approximate surface area is 191 Å². The van der Waals surface area contributed by atoms with Gasteiger partial charge in [-0.15, -0.1) is 11.3 Å². The zero-order chi connectivity index (χ0) is 23.1. The maximum Gasteiger partial charge on any atom is 0.340 e. The van der Waals surface area contributed by atoms with Gasteiger partial charge in [0.25, 0.3) is 5.91 Å². The number of nitrogens with one attached hydrogen (secondary N) is 1. The van der Waals surface area contributed by atoms with Gasteiger partial charge < -0.3 is 19.4 Å². The van der Waals surface area contributed by atoms with Crippen molar-refractivity contribution in [3.63, 3.8) is 0 Å². The minimum absolute atomic E-state index is 0.275. The third-order valence-corrected chi connectivity index (χ3v) is 5.99. The van der Waals surface area contributed by atoms with Gasteiger partial charge in [0.15, 0.2) is 6.61 Å². The number of hydrogen-bond donors (Lipinski definition) is 1. The first kappa shape index (κ1) is 23.3. The van der Waals surface area contributed by atoms with Crippen molar-refractivity contribution in [2.75, 3.05) is 13.7 Å². The Morgan fingerprint density at radius 1 is 1.09 bits per heavy atom. The fraction of sp³-hybridized carbons (Fsp3) is 0.292. The molecule has 3 aromatic rings. The fourth-order valence-electron chi connectivity index (χ4n) is 3.44. The summed E-state index contributed by atoms with van der Waals surface area (Å²) in [6.45, 7) is 3.96. The van der Waals surface area contributed by atoms with Gasteiger partial charge in [0, 0.05) is 22.7 Å². The van der Waals surface area contributed by atoms with Crippen molar-refractivity contribution in [3.05, 3.63) is 81.3 Å². The molecule has 0 saturated heterocycles. The molecule has 0 radical (unpaired) electrons. The van der Waals surface area contributed by atoms with Crippen LogP contribution in [0.4, 0.5) is 0 Å². The van der Waals surface area contributed by atoms with Crippen LogP contribution in [-0.2, 0) is 32.0 Å². The standard InChI is InChI=1S/C24H26N2O5S/c1-16-12-20(17(2)26(16)14-19-10-7-11-32-19)23(28)31-15-22(27)25-21(24(29)30-3)13-18-8-5-4-6-9-18/h4-12,21H,13-15H2,1-3H3,(H,25,27). The van der Waals surface area contributed by atoms with Crippen LogP contribution in [0.1, 0.15) is 32.2 Å². The number of nitrogens with zero attached hydrogens (tertiary/aromatic N) is 1. The first-order chi connectivity index (χ1) is 15.4. The molecule has 0 aliphatic rings. The molecule has 1 atom stereocenters. The van der Waals surface area contributed by atoms with E-state index >= 15 is 0 Å². The van der Waals surface area contributed by atoms with Crippen molar-refractivity contribution < 1.29 is 23.9 Å². The van der Waals surface area contributed by atoms with Crippen LogP contribution in [0.5, 0.6) is 0 Å². The number of rotatable bonds is 9. The maximum atomic E-state index is 12.6. The topological polar surface area (TPSA) is 86.6 Å². The summed E-state index contributed by atoms with van der Waals surface area (Å²) >= 11 is 1.65. The highest BCUT2D eigenvalue weighted by atomic mass is 32.1. The summed E-state index contributed by atoms with van der Waals surface area (Å²) in [5.41, 5.74) is 3.00. The maximum absolute atomic E-state index is 12.6. The van der Waals surface area contributed by atoms with Gasteiger partial charge in [0.05, 0.1) is 19.2 Å². The molecule has 8 heteroatoms. The molecule has 0 saturated carbocycles. The van der Waals surface area contributed by atoms with E-state index in [9.17, 15) is 14.4 Å². The van der Waals surface area contributed by atoms with Crippen LogP contribution in [0, 0.1) is 13.8 Å². The Morgan fingerprint density at radius 3 is 2.50 bits per heavy atom. The predicted octanol–water partition coefficient (Wildman–Crippen LogP) is 3.27. The highest BCUT2D eigenvalue weighted by molar-refractivity contribution is 7.09. The molecule has 0 aliphatic heterocycles. The molecule has 7 nitrogen and oxygen atoms in total. The summed E-state index contributed by atoms with van der Waals surface area (Å²) in [4.78, 5) is 38.2. The molecule has 2 aromatic heterocycles. The molecular formula is C24H26N2O5S. The third-order valence-electron chi connectivity index (χ3n) is 5.13. The molecule has 0 bridgehead atoms. The molecule has 0 spiro atoms. The molecule has 3 rings (SSSR count). The van der Waals surface area contributed by atoms with Gasteiger partial charge in [0.1, 0.15) is 6.04 Å². The van der Waals surface area contributed by atoms with Gasteiger partial charge in [-0.25, -0.2) is 9.59 Å². The van der Waals surface area contributed by atoms with Crippen LogP contribution < -0.4 is 5.32 Å². The van der Waals surface area contributed by atoms with Gasteiger partial charge >= 0.3 is 11.9 Å². The van der Waals surface area contributed by atoms with Gasteiger partial charge in [0.2, 0.25) is 0 Å². The van der Waals surface area contributed by atoms with Crippen molar-refractivity contribution in [1.82, 2.24) is 9.88 Å². The van der Waals surface area contributed by atoms with Crippen LogP contribution in [0.15, 0.2) is 53.9 Å². The summed E-state index contributed by atoms with van der Waals surface area (Å²) < 4.78 is 12.1. The number of amides is 1. The minimum Gasteiger partial charge on any atom is -0.467 e. The van der Waals surface area contributed by atoms with E-state index in [1.54, 1.807) is 17.4 Å². The van der Waals surface area contributed by atoms with Crippen molar-refractivity contribution in [3.8, 4) is 0 Å². The zero-order valence-corrected chi connectivity index (χ0v) is 19.1. The van der Waals surface area contributed by atoms with Gasteiger partial charge in [-0.2, -0.15) is 0 Å². The Morgan fingerprint density at radius 2 is 1.84 bits per heavy atom. The highest BCUT2D eigenvalue weighted by Gasteiger charge is 2.23. The van der Waals surface area contributed by atoms with Crippen LogP contribution in [0.2, 0.25) is 0 Å². The second-order valence-corrected chi connectivity index (χ2v) is 8.39. The molecule has 1 aromatic carbocycles. The minimum atomic E-state index is -0.871. The smallest absolute Gasteiger partial charge is 0.340 e. The summed E-state index contributed by atoms with van der Waals surface area (Å²) in [6.07, 6.45) is 0.275. The molecule has 1 N–H and O–H groups in total. The molecular weight excluding hydrogens is 428 g/mol. The van der Waals surface area contributed by atoms with E-state index in [-0.39, 0.29) is 6.42 Å². The van der Waals surface area contributed by atoms with E-state index in [4.69, 9.17) is 9.47 Å². The molecule has 1 unspecified atom stereocenters. The fourth-order valence-corrected chi connectivity index (χ4v) is 4.13. The first-order valence-electron chi connectivity index (χ1n) is 10.2. The number of thiophene rings is 1. The normalized spacial score (nSPS) is 11.6. The predicted molar refractivity (Wildman–Crippen MR) is 122 cm³/mol. The zero-order valence-electron chi connectivity index (χ0n) is 18.3. The van der Waals surface area contributed by atoms with E-state index in [1.165, 1.54) is 12.0 Å². The Kier molecular flexibility index (Phi) is 7.83. The summed E-state index contributed by atoms with van der Waals surface area (Å²) in [5, 5.41) is 4.60. The van der Waals surface area contributed by atoms with Crippen molar-refractivity contribution in [2.45, 2.75) is 32.9 Å². The van der Waals surface area contributed by atoms with Gasteiger partial charge in [-0.1, -0.05) is 36.4 Å². The number of ether oxygens (including phenoxy) is 2. The quantitative estimate of drug-likeness (QED) is 0.502. The van der Waals surface area contributed by atoms with E-state index in [0.717, 1.165) is 17.0 Å². The number of benzene rings is 1. The second kappa shape index (κ2) is 10.8.